The molecule has 0 unspecified atom stereocenters. The lowest BCUT2D eigenvalue weighted by Crippen LogP contribution is -2.61. The van der Waals surface area contributed by atoms with Crippen LogP contribution in [0.15, 0.2) is 6.20 Å². The Morgan fingerprint density at radius 2 is 1.61 bits per heavy atom. The topological polar surface area (TPSA) is 110 Å². The number of rotatable bonds is 3. The summed E-state index contributed by atoms with van der Waals surface area (Å²) in [5.74, 6) is 1.13. The third-order valence-corrected chi connectivity index (χ3v) is 7.24. The number of carbonyl (C=O) groups excluding carboxylic acids is 2. The summed E-state index contributed by atoms with van der Waals surface area (Å²) in [7, 11) is 2.12. The largest absolute Gasteiger partial charge is 0.483 e. The summed E-state index contributed by atoms with van der Waals surface area (Å²) >= 11 is 0. The van der Waals surface area contributed by atoms with E-state index in [1.807, 2.05) is 23.6 Å². The Kier molecular flexibility index (Phi) is 8.23. The van der Waals surface area contributed by atoms with Crippen LogP contribution in [0.4, 0.5) is 5.95 Å². The number of anilines is 1. The van der Waals surface area contributed by atoms with E-state index in [0.717, 1.165) is 51.1 Å². The van der Waals surface area contributed by atoms with Gasteiger partial charge in [-0.15, -0.1) is 0 Å². The van der Waals surface area contributed by atoms with Crippen molar-refractivity contribution in [3.8, 4) is 0 Å². The molecular formula is C23H36N6O4. The Bertz CT molecular complexity index is 853. The van der Waals surface area contributed by atoms with Gasteiger partial charge in [-0.2, -0.15) is 0 Å². The molecule has 0 aromatic carbocycles. The summed E-state index contributed by atoms with van der Waals surface area (Å²) in [5, 5.41) is 6.89. The number of hydrogen-bond donors (Lipinski definition) is 1. The van der Waals surface area contributed by atoms with Crippen LogP contribution in [0.1, 0.15) is 49.2 Å². The maximum absolute atomic E-state index is 13.3. The van der Waals surface area contributed by atoms with Crippen molar-refractivity contribution in [1.29, 1.82) is 0 Å². The highest BCUT2D eigenvalue weighted by Gasteiger charge is 2.39. The van der Waals surface area contributed by atoms with Gasteiger partial charge in [0.05, 0.1) is 11.3 Å². The Morgan fingerprint density at radius 3 is 2.15 bits per heavy atom. The fourth-order valence-electron chi connectivity index (χ4n) is 4.61. The molecule has 1 aromatic rings. The second-order valence-electron chi connectivity index (χ2n) is 9.20. The first-order valence-electron chi connectivity index (χ1n) is 11.7. The van der Waals surface area contributed by atoms with Crippen molar-refractivity contribution in [1.82, 2.24) is 24.7 Å². The van der Waals surface area contributed by atoms with Crippen LogP contribution in [0.25, 0.3) is 0 Å². The first kappa shape index (κ1) is 24.9. The number of hydrogen-bond acceptors (Lipinski definition) is 7. The molecule has 0 bridgehead atoms. The number of aromatic nitrogens is 2. The Balaban J connectivity index is 0.000000968. The number of piperazine rings is 2. The highest BCUT2D eigenvalue weighted by molar-refractivity contribution is 5.95. The quantitative estimate of drug-likeness (QED) is 0.668. The lowest BCUT2D eigenvalue weighted by molar-refractivity contribution is -0.143. The zero-order chi connectivity index (χ0) is 24.1. The van der Waals surface area contributed by atoms with Crippen LogP contribution in [0.5, 0.6) is 0 Å². The van der Waals surface area contributed by atoms with Crippen molar-refractivity contribution in [3.63, 3.8) is 0 Å². The van der Waals surface area contributed by atoms with Gasteiger partial charge in [-0.1, -0.05) is 6.42 Å². The second-order valence-corrected chi connectivity index (χ2v) is 9.20. The van der Waals surface area contributed by atoms with E-state index < -0.39 is 0 Å². The lowest BCUT2D eigenvalue weighted by Gasteiger charge is -2.46. The SMILES string of the molecule is Cc1nc(N2CCN(C)CC2)ncc1C(=O)N1CCN(C(=O)C2CCC2)[C@H](C)[C@H]1C.O=CO. The minimum Gasteiger partial charge on any atom is -0.483 e. The minimum absolute atomic E-state index is 0.0154. The van der Waals surface area contributed by atoms with Crippen LogP contribution in [-0.4, -0.2) is 106 Å². The average Bonchev–Trinajstić information content (AvgIpc) is 2.75. The molecule has 2 aliphatic heterocycles. The van der Waals surface area contributed by atoms with Crippen LogP contribution in [0.2, 0.25) is 0 Å². The van der Waals surface area contributed by atoms with Gasteiger partial charge in [-0.3, -0.25) is 14.4 Å². The summed E-state index contributed by atoms with van der Waals surface area (Å²) in [6.45, 7) is 10.7. The van der Waals surface area contributed by atoms with Crippen LogP contribution in [0, 0.1) is 12.8 Å². The maximum atomic E-state index is 13.3. The zero-order valence-corrected chi connectivity index (χ0v) is 20.1. The van der Waals surface area contributed by atoms with Crippen molar-refractivity contribution in [3.05, 3.63) is 17.5 Å². The van der Waals surface area contributed by atoms with Crippen LogP contribution in [-0.2, 0) is 9.59 Å². The molecule has 0 spiro atoms. The molecular weight excluding hydrogens is 424 g/mol. The fourth-order valence-corrected chi connectivity index (χ4v) is 4.61. The minimum atomic E-state index is -0.250. The van der Waals surface area contributed by atoms with Gasteiger partial charge in [0, 0.05) is 63.5 Å². The van der Waals surface area contributed by atoms with Gasteiger partial charge in [-0.05, 0) is 40.7 Å². The van der Waals surface area contributed by atoms with E-state index in [9.17, 15) is 9.59 Å². The zero-order valence-electron chi connectivity index (χ0n) is 20.1. The van der Waals surface area contributed by atoms with Crippen molar-refractivity contribution in [2.75, 3.05) is 51.2 Å². The molecule has 10 heteroatoms. The van der Waals surface area contributed by atoms with Crippen molar-refractivity contribution in [2.24, 2.45) is 5.92 Å². The summed E-state index contributed by atoms with van der Waals surface area (Å²) < 4.78 is 0. The predicted octanol–water partition coefficient (Wildman–Crippen LogP) is 1.10. The number of carboxylic acid groups (broad SMARTS) is 1. The fraction of sp³-hybridized carbons (Fsp3) is 0.696. The van der Waals surface area contributed by atoms with E-state index in [1.54, 1.807) is 6.20 Å². The highest BCUT2D eigenvalue weighted by Crippen LogP contribution is 2.31. The molecule has 1 N–H and O–H groups in total. The summed E-state index contributed by atoms with van der Waals surface area (Å²) in [6, 6.07) is -0.0198. The summed E-state index contributed by atoms with van der Waals surface area (Å²) in [6.07, 6.45) is 4.86. The van der Waals surface area contributed by atoms with Gasteiger partial charge < -0.3 is 24.7 Å². The van der Waals surface area contributed by atoms with E-state index in [4.69, 9.17) is 9.90 Å². The van der Waals surface area contributed by atoms with E-state index in [2.05, 4.69) is 33.7 Å². The molecule has 2 amide bonds. The molecule has 2 atom stereocenters. The Hall–Kier alpha value is -2.75. The van der Waals surface area contributed by atoms with Crippen LogP contribution in [0.3, 0.4) is 0 Å². The molecule has 3 aliphatic rings. The maximum Gasteiger partial charge on any atom is 0.290 e. The molecule has 1 aliphatic carbocycles. The number of amides is 2. The standard InChI is InChI=1S/C22H34N6O2.CH2O2/c1-15-19(14-23-22(24-15)26-10-8-25(4)9-11-26)21(30)28-13-12-27(16(2)17(28)3)20(29)18-6-5-7-18;2-1-3/h14,16-18H,5-13H2,1-4H3;1H,(H,2,3)/t16-,17-;/m1./s1. The molecule has 4 rings (SSSR count). The number of aryl methyl sites for hydroxylation is 1. The summed E-state index contributed by atoms with van der Waals surface area (Å²) in [4.78, 5) is 51.9. The Labute approximate surface area is 195 Å². The van der Waals surface area contributed by atoms with E-state index >= 15 is 0 Å². The van der Waals surface area contributed by atoms with E-state index in [0.29, 0.717) is 24.6 Å². The number of likely N-dealkylation sites (N-methyl/N-ethyl adjacent to an activating group) is 1. The average molecular weight is 461 g/mol. The number of nitrogens with zero attached hydrogens (tertiary/aromatic N) is 6. The lowest BCUT2D eigenvalue weighted by atomic mass is 9.83. The van der Waals surface area contributed by atoms with Gasteiger partial charge in [0.25, 0.3) is 12.4 Å². The normalized spacial score (nSPS) is 23.9. The van der Waals surface area contributed by atoms with Crippen molar-refractivity contribution in [2.45, 2.75) is 52.1 Å². The molecule has 10 nitrogen and oxygen atoms in total. The van der Waals surface area contributed by atoms with Gasteiger partial charge in [0.1, 0.15) is 0 Å². The molecule has 3 heterocycles. The third-order valence-electron chi connectivity index (χ3n) is 7.24. The molecule has 3 fully saturated rings. The monoisotopic (exact) mass is 460 g/mol. The van der Waals surface area contributed by atoms with Gasteiger partial charge in [0.15, 0.2) is 0 Å². The molecule has 0 radical (unpaired) electrons. The first-order valence-corrected chi connectivity index (χ1v) is 11.7. The van der Waals surface area contributed by atoms with Gasteiger partial charge in [-0.25, -0.2) is 9.97 Å². The van der Waals surface area contributed by atoms with Gasteiger partial charge >= 0.3 is 0 Å². The molecule has 1 aromatic heterocycles. The predicted molar refractivity (Wildman–Crippen MR) is 124 cm³/mol. The van der Waals surface area contributed by atoms with Crippen LogP contribution >= 0.6 is 0 Å². The summed E-state index contributed by atoms with van der Waals surface area (Å²) in [5.41, 5.74) is 1.28. The van der Waals surface area contributed by atoms with Gasteiger partial charge in [0.2, 0.25) is 11.9 Å². The van der Waals surface area contributed by atoms with Crippen molar-refractivity contribution < 1.29 is 19.5 Å². The van der Waals surface area contributed by atoms with Crippen LogP contribution < -0.4 is 4.90 Å². The van der Waals surface area contributed by atoms with Crippen molar-refractivity contribution >= 4 is 24.2 Å². The first-order chi connectivity index (χ1) is 15.8. The third kappa shape index (κ3) is 5.43. The number of carbonyl (C=O) groups is 3. The Morgan fingerprint density at radius 1 is 1.03 bits per heavy atom. The highest BCUT2D eigenvalue weighted by atomic mass is 16.3. The van der Waals surface area contributed by atoms with E-state index in [1.165, 1.54) is 0 Å². The van der Waals surface area contributed by atoms with E-state index in [-0.39, 0.29) is 36.3 Å². The molecule has 182 valence electrons. The molecule has 33 heavy (non-hydrogen) atoms. The second kappa shape index (κ2) is 10.9. The smallest absolute Gasteiger partial charge is 0.290 e. The molecule has 2 saturated heterocycles. The molecule has 1 saturated carbocycles.